The van der Waals surface area contributed by atoms with Gasteiger partial charge in [0, 0.05) is 37.6 Å². The standard InChI is InChI=1S/C23H30N6O/c30-22(15-23-12-16-9-17(13-23)11-18(10-16)14-23)26-8-7-25-20-1-2-21(29-28-20)27-19-3-5-24-6-4-19/h1-6,16-18H,7-15H2,(H,25,28)(H,26,30)(H,24,27,29). The van der Waals surface area contributed by atoms with Crippen LogP contribution in [0.2, 0.25) is 0 Å². The van der Waals surface area contributed by atoms with E-state index in [1.165, 1.54) is 38.5 Å². The highest BCUT2D eigenvalue weighted by Crippen LogP contribution is 2.61. The number of rotatable bonds is 8. The molecule has 2 aromatic heterocycles. The van der Waals surface area contributed by atoms with E-state index in [1.807, 2.05) is 24.3 Å². The fraction of sp³-hybridized carbons (Fsp3) is 0.565. The zero-order chi connectivity index (χ0) is 20.4. The van der Waals surface area contributed by atoms with Gasteiger partial charge in [-0.25, -0.2) is 0 Å². The zero-order valence-electron chi connectivity index (χ0n) is 17.3. The summed E-state index contributed by atoms with van der Waals surface area (Å²) in [5.74, 6) is 4.25. The van der Waals surface area contributed by atoms with E-state index >= 15 is 0 Å². The lowest BCUT2D eigenvalue weighted by molar-refractivity contribution is -0.129. The lowest BCUT2D eigenvalue weighted by Gasteiger charge is -2.56. The molecule has 3 N–H and O–H groups in total. The molecule has 0 aliphatic heterocycles. The largest absolute Gasteiger partial charge is 0.367 e. The first kappa shape index (κ1) is 19.3. The number of nitrogens with zero attached hydrogens (tertiary/aromatic N) is 3. The van der Waals surface area contributed by atoms with Crippen molar-refractivity contribution in [2.75, 3.05) is 23.7 Å². The maximum Gasteiger partial charge on any atom is 0.220 e. The van der Waals surface area contributed by atoms with Crippen LogP contribution < -0.4 is 16.0 Å². The van der Waals surface area contributed by atoms with Crippen molar-refractivity contribution in [1.29, 1.82) is 0 Å². The van der Waals surface area contributed by atoms with Crippen molar-refractivity contribution in [2.45, 2.75) is 44.9 Å². The van der Waals surface area contributed by atoms with E-state index in [1.54, 1.807) is 12.4 Å². The Bertz CT molecular complexity index is 834. The Kier molecular flexibility index (Phi) is 5.27. The van der Waals surface area contributed by atoms with Crippen LogP contribution in [0.25, 0.3) is 0 Å². The topological polar surface area (TPSA) is 91.8 Å². The van der Waals surface area contributed by atoms with Crippen LogP contribution in [0.3, 0.4) is 0 Å². The molecule has 4 saturated carbocycles. The molecule has 2 heterocycles. The van der Waals surface area contributed by atoms with Crippen molar-refractivity contribution >= 4 is 23.2 Å². The molecular weight excluding hydrogens is 376 g/mol. The number of nitrogens with one attached hydrogen (secondary N) is 3. The Labute approximate surface area is 177 Å². The van der Waals surface area contributed by atoms with Crippen LogP contribution in [0.15, 0.2) is 36.7 Å². The average Bonchev–Trinajstić information content (AvgIpc) is 2.72. The lowest BCUT2D eigenvalue weighted by Crippen LogP contribution is -2.48. The molecule has 0 atom stereocenters. The molecule has 0 aromatic carbocycles. The molecule has 6 rings (SSSR count). The monoisotopic (exact) mass is 406 g/mol. The van der Waals surface area contributed by atoms with Crippen LogP contribution in [-0.4, -0.2) is 34.2 Å². The molecule has 0 saturated heterocycles. The molecule has 0 radical (unpaired) electrons. The van der Waals surface area contributed by atoms with Crippen LogP contribution in [0.4, 0.5) is 17.3 Å². The van der Waals surface area contributed by atoms with Crippen molar-refractivity contribution in [3.05, 3.63) is 36.7 Å². The highest BCUT2D eigenvalue weighted by Gasteiger charge is 2.51. The first-order valence-corrected chi connectivity index (χ1v) is 11.2. The van der Waals surface area contributed by atoms with Crippen LogP contribution >= 0.6 is 0 Å². The highest BCUT2D eigenvalue weighted by atomic mass is 16.1. The third kappa shape index (κ3) is 4.40. The second-order valence-corrected chi connectivity index (χ2v) is 9.54. The number of carbonyl (C=O) groups excluding carboxylic acids is 1. The zero-order valence-corrected chi connectivity index (χ0v) is 17.3. The van der Waals surface area contributed by atoms with Crippen LogP contribution in [-0.2, 0) is 4.79 Å². The van der Waals surface area contributed by atoms with Crippen molar-refractivity contribution in [1.82, 2.24) is 20.5 Å². The maximum absolute atomic E-state index is 12.6. The van der Waals surface area contributed by atoms with E-state index in [0.717, 1.165) is 23.4 Å². The molecule has 158 valence electrons. The van der Waals surface area contributed by atoms with Crippen molar-refractivity contribution in [3.63, 3.8) is 0 Å². The van der Waals surface area contributed by atoms with Gasteiger partial charge in [-0.15, -0.1) is 10.2 Å². The smallest absolute Gasteiger partial charge is 0.220 e. The van der Waals surface area contributed by atoms with E-state index < -0.39 is 0 Å². The average molecular weight is 407 g/mol. The van der Waals surface area contributed by atoms with Gasteiger partial charge in [0.05, 0.1) is 0 Å². The van der Waals surface area contributed by atoms with Gasteiger partial charge in [0.25, 0.3) is 0 Å². The van der Waals surface area contributed by atoms with Crippen LogP contribution in [0.1, 0.15) is 44.9 Å². The van der Waals surface area contributed by atoms with E-state index in [2.05, 4.69) is 31.1 Å². The molecule has 7 nitrogen and oxygen atoms in total. The Balaban J connectivity index is 1.04. The van der Waals surface area contributed by atoms with Gasteiger partial charge in [0.1, 0.15) is 5.82 Å². The number of hydrogen-bond donors (Lipinski definition) is 3. The molecule has 4 aliphatic carbocycles. The van der Waals surface area contributed by atoms with E-state index in [-0.39, 0.29) is 5.91 Å². The highest BCUT2D eigenvalue weighted by molar-refractivity contribution is 5.76. The summed E-state index contributed by atoms with van der Waals surface area (Å²) in [5, 5.41) is 17.9. The second-order valence-electron chi connectivity index (χ2n) is 9.54. The third-order valence-electron chi connectivity index (χ3n) is 7.07. The summed E-state index contributed by atoms with van der Waals surface area (Å²) in [7, 11) is 0. The van der Waals surface area contributed by atoms with E-state index in [4.69, 9.17) is 0 Å². The molecule has 2 aromatic rings. The Morgan fingerprint density at radius 1 is 0.900 bits per heavy atom. The summed E-state index contributed by atoms with van der Waals surface area (Å²) in [6, 6.07) is 7.51. The molecule has 4 fully saturated rings. The van der Waals surface area contributed by atoms with Crippen molar-refractivity contribution < 1.29 is 4.79 Å². The summed E-state index contributed by atoms with van der Waals surface area (Å²) >= 11 is 0. The number of pyridine rings is 1. The molecule has 0 spiro atoms. The van der Waals surface area contributed by atoms with Gasteiger partial charge in [-0.05, 0) is 86.0 Å². The van der Waals surface area contributed by atoms with Gasteiger partial charge in [-0.3, -0.25) is 9.78 Å². The van der Waals surface area contributed by atoms with Gasteiger partial charge in [-0.1, -0.05) is 0 Å². The minimum absolute atomic E-state index is 0.210. The summed E-state index contributed by atoms with van der Waals surface area (Å²) in [4.78, 5) is 16.6. The summed E-state index contributed by atoms with van der Waals surface area (Å²) < 4.78 is 0. The van der Waals surface area contributed by atoms with Gasteiger partial charge in [0.2, 0.25) is 5.91 Å². The minimum Gasteiger partial charge on any atom is -0.367 e. The third-order valence-corrected chi connectivity index (χ3v) is 7.07. The van der Waals surface area contributed by atoms with E-state index in [0.29, 0.717) is 36.6 Å². The van der Waals surface area contributed by atoms with E-state index in [9.17, 15) is 4.79 Å². The summed E-state index contributed by atoms with van der Waals surface area (Å²) in [6.45, 7) is 1.24. The Hall–Kier alpha value is -2.70. The number of carbonyl (C=O) groups is 1. The maximum atomic E-state index is 12.6. The first-order valence-electron chi connectivity index (χ1n) is 11.2. The molecule has 30 heavy (non-hydrogen) atoms. The second kappa shape index (κ2) is 8.20. The predicted molar refractivity (Wildman–Crippen MR) is 116 cm³/mol. The molecule has 4 aliphatic rings. The van der Waals surface area contributed by atoms with Gasteiger partial charge in [-0.2, -0.15) is 0 Å². The quantitative estimate of drug-likeness (QED) is 0.578. The number of anilines is 3. The molecule has 0 unspecified atom stereocenters. The van der Waals surface area contributed by atoms with Crippen molar-refractivity contribution in [3.8, 4) is 0 Å². The van der Waals surface area contributed by atoms with Crippen LogP contribution in [0.5, 0.6) is 0 Å². The normalized spacial score (nSPS) is 28.9. The summed E-state index contributed by atoms with van der Waals surface area (Å²) in [6.07, 6.45) is 12.3. The van der Waals surface area contributed by atoms with Gasteiger partial charge >= 0.3 is 0 Å². The summed E-state index contributed by atoms with van der Waals surface area (Å²) in [5.41, 5.74) is 1.22. The number of amides is 1. The molecular formula is C23H30N6O. The fourth-order valence-corrected chi connectivity index (χ4v) is 6.38. The fourth-order valence-electron chi connectivity index (χ4n) is 6.38. The number of aromatic nitrogens is 3. The van der Waals surface area contributed by atoms with Crippen molar-refractivity contribution in [2.24, 2.45) is 23.2 Å². The van der Waals surface area contributed by atoms with Crippen LogP contribution in [0, 0.1) is 23.2 Å². The van der Waals surface area contributed by atoms with Gasteiger partial charge in [0.15, 0.2) is 5.82 Å². The van der Waals surface area contributed by atoms with Gasteiger partial charge < -0.3 is 16.0 Å². The lowest BCUT2D eigenvalue weighted by atomic mass is 9.49. The number of hydrogen-bond acceptors (Lipinski definition) is 6. The molecule has 1 amide bonds. The Morgan fingerprint density at radius 2 is 1.53 bits per heavy atom. The Morgan fingerprint density at radius 3 is 2.17 bits per heavy atom. The molecule has 4 bridgehead atoms. The minimum atomic E-state index is 0.210. The molecule has 7 heteroatoms. The SMILES string of the molecule is O=C(CC12CC3CC(CC(C3)C1)C2)NCCNc1ccc(Nc2ccncc2)nn1. The predicted octanol–water partition coefficient (Wildman–Crippen LogP) is 3.75. The first-order chi connectivity index (χ1) is 14.7.